The number of aromatic nitrogens is 2. The average Bonchev–Trinajstić information content (AvgIpc) is 3.53. The van der Waals surface area contributed by atoms with E-state index in [0.29, 0.717) is 49.5 Å². The summed E-state index contributed by atoms with van der Waals surface area (Å²) in [6.45, 7) is 2.07. The van der Waals surface area contributed by atoms with Crippen molar-refractivity contribution in [3.63, 3.8) is 0 Å². The molecule has 2 amide bonds. The molecule has 3 heterocycles. The molecule has 2 fully saturated rings. The quantitative estimate of drug-likeness (QED) is 0.619. The van der Waals surface area contributed by atoms with Crippen LogP contribution in [0, 0.1) is 5.82 Å². The number of nitrogens with zero attached hydrogens (tertiary/aromatic N) is 4. The topological polar surface area (TPSA) is 78.7 Å². The van der Waals surface area contributed by atoms with E-state index in [9.17, 15) is 19.1 Å². The summed E-state index contributed by atoms with van der Waals surface area (Å²) in [6.07, 6.45) is 2.97. The van der Waals surface area contributed by atoms with Gasteiger partial charge in [-0.25, -0.2) is 13.9 Å². The van der Waals surface area contributed by atoms with Crippen molar-refractivity contribution in [1.82, 2.24) is 19.6 Å². The largest absolute Gasteiger partial charge is 0.465 e. The lowest BCUT2D eigenvalue weighted by molar-refractivity contribution is 0.0788. The van der Waals surface area contributed by atoms with E-state index in [1.165, 1.54) is 22.6 Å². The zero-order valence-electron chi connectivity index (χ0n) is 18.8. The van der Waals surface area contributed by atoms with Gasteiger partial charge in [0.25, 0.3) is 5.91 Å². The van der Waals surface area contributed by atoms with Gasteiger partial charge < -0.3 is 14.9 Å². The number of rotatable bonds is 4. The van der Waals surface area contributed by atoms with Crippen LogP contribution in [0.4, 0.5) is 9.18 Å². The Morgan fingerprint density at radius 2 is 1.65 bits per heavy atom. The Labute approximate surface area is 197 Å². The number of halogens is 1. The standard InChI is InChI=1S/C26H27FN4O3/c27-21-8-10-22(11-9-21)31-24(20-7-4-13-30(17-20)26(33)34)23(15-28-31)25(32)29-14-12-19(16-29)18-5-2-1-3-6-18/h1-3,5-6,8-11,15,19-20H,4,7,12-14,16-17H2,(H,33,34). The minimum Gasteiger partial charge on any atom is -0.465 e. The molecule has 0 saturated carbocycles. The molecule has 1 aromatic heterocycles. The predicted octanol–water partition coefficient (Wildman–Crippen LogP) is 4.50. The second-order valence-electron chi connectivity index (χ2n) is 9.05. The molecule has 5 rings (SSSR count). The fourth-order valence-electron chi connectivity index (χ4n) is 5.19. The predicted molar refractivity (Wildman–Crippen MR) is 125 cm³/mol. The summed E-state index contributed by atoms with van der Waals surface area (Å²) < 4.78 is 15.2. The molecule has 2 aromatic carbocycles. The summed E-state index contributed by atoms with van der Waals surface area (Å²) >= 11 is 0. The first-order chi connectivity index (χ1) is 16.5. The molecule has 2 aliphatic rings. The van der Waals surface area contributed by atoms with E-state index in [-0.39, 0.29) is 23.6 Å². The fourth-order valence-corrected chi connectivity index (χ4v) is 5.19. The number of likely N-dealkylation sites (tertiary alicyclic amines) is 2. The summed E-state index contributed by atoms with van der Waals surface area (Å²) in [5, 5.41) is 14.1. The third kappa shape index (κ3) is 4.27. The Morgan fingerprint density at radius 3 is 2.38 bits per heavy atom. The monoisotopic (exact) mass is 462 g/mol. The van der Waals surface area contributed by atoms with E-state index in [0.717, 1.165) is 12.8 Å². The van der Waals surface area contributed by atoms with Crippen molar-refractivity contribution in [3.8, 4) is 5.69 Å². The first-order valence-electron chi connectivity index (χ1n) is 11.7. The van der Waals surface area contributed by atoms with Gasteiger partial charge in [-0.3, -0.25) is 4.79 Å². The van der Waals surface area contributed by atoms with Gasteiger partial charge in [-0.2, -0.15) is 5.10 Å². The van der Waals surface area contributed by atoms with Gasteiger partial charge in [0.1, 0.15) is 5.82 Å². The van der Waals surface area contributed by atoms with Gasteiger partial charge in [-0.05, 0) is 49.1 Å². The molecule has 8 heteroatoms. The van der Waals surface area contributed by atoms with Crippen molar-refractivity contribution in [2.24, 2.45) is 0 Å². The average molecular weight is 463 g/mol. The smallest absolute Gasteiger partial charge is 0.407 e. The van der Waals surface area contributed by atoms with E-state index < -0.39 is 6.09 Å². The summed E-state index contributed by atoms with van der Waals surface area (Å²) in [5.74, 6) is -0.330. The first kappa shape index (κ1) is 22.1. The number of carbonyl (C=O) groups is 2. The van der Waals surface area contributed by atoms with Crippen LogP contribution in [-0.4, -0.2) is 62.9 Å². The second-order valence-corrected chi connectivity index (χ2v) is 9.05. The molecule has 2 atom stereocenters. The molecule has 1 N–H and O–H groups in total. The van der Waals surface area contributed by atoms with Gasteiger partial charge in [0.15, 0.2) is 0 Å². The third-order valence-corrected chi connectivity index (χ3v) is 6.93. The molecule has 34 heavy (non-hydrogen) atoms. The first-order valence-corrected chi connectivity index (χ1v) is 11.7. The highest BCUT2D eigenvalue weighted by Crippen LogP contribution is 2.34. The molecule has 0 aliphatic carbocycles. The second kappa shape index (κ2) is 9.29. The van der Waals surface area contributed by atoms with Crippen LogP contribution in [0.5, 0.6) is 0 Å². The van der Waals surface area contributed by atoms with Gasteiger partial charge in [0.05, 0.1) is 23.1 Å². The molecule has 2 aliphatic heterocycles. The number of benzene rings is 2. The third-order valence-electron chi connectivity index (χ3n) is 6.93. The number of amides is 2. The summed E-state index contributed by atoms with van der Waals surface area (Å²) in [6, 6.07) is 16.2. The van der Waals surface area contributed by atoms with Crippen LogP contribution in [0.2, 0.25) is 0 Å². The number of carbonyl (C=O) groups excluding carboxylic acids is 1. The van der Waals surface area contributed by atoms with Crippen molar-refractivity contribution in [3.05, 3.63) is 83.4 Å². The molecule has 2 unspecified atom stereocenters. The Kier molecular flexibility index (Phi) is 6.04. The Hall–Kier alpha value is -3.68. The molecule has 7 nitrogen and oxygen atoms in total. The van der Waals surface area contributed by atoms with Crippen molar-refractivity contribution in [2.75, 3.05) is 26.2 Å². The highest BCUT2D eigenvalue weighted by molar-refractivity contribution is 5.95. The lowest BCUT2D eigenvalue weighted by Gasteiger charge is -2.32. The van der Waals surface area contributed by atoms with Crippen LogP contribution >= 0.6 is 0 Å². The fraction of sp³-hybridized carbons (Fsp3) is 0.346. The minimum absolute atomic E-state index is 0.0887. The van der Waals surface area contributed by atoms with E-state index >= 15 is 0 Å². The van der Waals surface area contributed by atoms with Crippen LogP contribution in [0.15, 0.2) is 60.8 Å². The van der Waals surface area contributed by atoms with Gasteiger partial charge in [0.2, 0.25) is 0 Å². The Bertz CT molecular complexity index is 1180. The van der Waals surface area contributed by atoms with Crippen LogP contribution in [0.25, 0.3) is 5.69 Å². The van der Waals surface area contributed by atoms with E-state index in [4.69, 9.17) is 0 Å². The zero-order valence-corrected chi connectivity index (χ0v) is 18.8. The lowest BCUT2D eigenvalue weighted by atomic mass is 9.92. The van der Waals surface area contributed by atoms with Gasteiger partial charge >= 0.3 is 6.09 Å². The van der Waals surface area contributed by atoms with Crippen LogP contribution in [0.3, 0.4) is 0 Å². The maximum absolute atomic E-state index is 13.7. The van der Waals surface area contributed by atoms with Gasteiger partial charge in [-0.15, -0.1) is 0 Å². The molecule has 3 aromatic rings. The van der Waals surface area contributed by atoms with Crippen molar-refractivity contribution < 1.29 is 19.1 Å². The van der Waals surface area contributed by atoms with Crippen LogP contribution < -0.4 is 0 Å². The Morgan fingerprint density at radius 1 is 0.912 bits per heavy atom. The normalized spacial score (nSPS) is 20.5. The van der Waals surface area contributed by atoms with Crippen molar-refractivity contribution in [1.29, 1.82) is 0 Å². The lowest BCUT2D eigenvalue weighted by Crippen LogP contribution is -2.39. The number of hydrogen-bond donors (Lipinski definition) is 1. The molecule has 0 spiro atoms. The molecule has 2 saturated heterocycles. The van der Waals surface area contributed by atoms with E-state index in [1.807, 2.05) is 23.1 Å². The molecule has 0 bridgehead atoms. The highest BCUT2D eigenvalue weighted by atomic mass is 19.1. The molecular weight excluding hydrogens is 435 g/mol. The highest BCUT2D eigenvalue weighted by Gasteiger charge is 2.35. The zero-order chi connectivity index (χ0) is 23.7. The molecule has 176 valence electrons. The van der Waals surface area contributed by atoms with Crippen LogP contribution in [0.1, 0.15) is 52.7 Å². The summed E-state index contributed by atoms with van der Waals surface area (Å²) in [5.41, 5.74) is 3.07. The number of carboxylic acid groups (broad SMARTS) is 1. The van der Waals surface area contributed by atoms with Crippen LogP contribution in [-0.2, 0) is 0 Å². The SMILES string of the molecule is O=C(O)N1CCCC(c2c(C(=O)N3CCC(c4ccccc4)C3)cnn2-c2ccc(F)cc2)C1. The number of hydrogen-bond acceptors (Lipinski definition) is 3. The van der Waals surface area contributed by atoms with Crippen molar-refractivity contribution in [2.45, 2.75) is 31.1 Å². The summed E-state index contributed by atoms with van der Waals surface area (Å²) in [7, 11) is 0. The minimum atomic E-state index is -0.962. The van der Waals surface area contributed by atoms with E-state index in [1.54, 1.807) is 23.0 Å². The molecular formula is C26H27FN4O3. The van der Waals surface area contributed by atoms with Gasteiger partial charge in [0, 0.05) is 38.0 Å². The van der Waals surface area contributed by atoms with Crippen molar-refractivity contribution >= 4 is 12.0 Å². The Balaban J connectivity index is 1.47. The summed E-state index contributed by atoms with van der Waals surface area (Å²) in [4.78, 5) is 28.6. The molecule has 0 radical (unpaired) electrons. The van der Waals surface area contributed by atoms with E-state index in [2.05, 4.69) is 17.2 Å². The maximum atomic E-state index is 13.7. The number of piperidine rings is 1. The maximum Gasteiger partial charge on any atom is 0.407 e. The van der Waals surface area contributed by atoms with Gasteiger partial charge in [-0.1, -0.05) is 30.3 Å².